The van der Waals surface area contributed by atoms with Crippen molar-refractivity contribution >= 4 is 40.1 Å². The van der Waals surface area contributed by atoms with Gasteiger partial charge in [0, 0.05) is 29.1 Å². The first kappa shape index (κ1) is 19.8. The number of benzene rings is 2. The zero-order chi connectivity index (χ0) is 20.4. The molecule has 3 aromatic rings. The van der Waals surface area contributed by atoms with Crippen LogP contribution in [-0.2, 0) is 0 Å². The summed E-state index contributed by atoms with van der Waals surface area (Å²) in [6, 6.07) is 18.0. The minimum atomic E-state index is 0.0999. The first-order valence-electron chi connectivity index (χ1n) is 10.1. The summed E-state index contributed by atoms with van der Waals surface area (Å²) in [6.07, 6.45) is 3.24. The van der Waals surface area contributed by atoms with Gasteiger partial charge in [-0.2, -0.15) is 0 Å². The molecule has 2 atom stereocenters. The Bertz CT molecular complexity index is 1030. The summed E-state index contributed by atoms with van der Waals surface area (Å²) < 4.78 is 0. The number of hydrogen-bond acceptors (Lipinski definition) is 4. The Morgan fingerprint density at radius 1 is 1.07 bits per heavy atom. The van der Waals surface area contributed by atoms with E-state index in [-0.39, 0.29) is 5.91 Å². The molecular formula is C24H27N3OS. The van der Waals surface area contributed by atoms with Gasteiger partial charge in [-0.05, 0) is 54.8 Å². The maximum Gasteiger partial charge on any atom is 0.254 e. The second-order valence-corrected chi connectivity index (χ2v) is 8.96. The Kier molecular flexibility index (Phi) is 5.76. The number of amides is 1. The lowest BCUT2D eigenvalue weighted by molar-refractivity contribution is 0.0625. The number of thioether (sulfide) groups is 1. The molecule has 1 aromatic heterocycles. The Morgan fingerprint density at radius 3 is 2.59 bits per heavy atom. The van der Waals surface area contributed by atoms with E-state index in [1.165, 1.54) is 11.3 Å². The van der Waals surface area contributed by atoms with Crippen LogP contribution in [0.3, 0.4) is 0 Å². The van der Waals surface area contributed by atoms with E-state index in [0.29, 0.717) is 17.7 Å². The van der Waals surface area contributed by atoms with Gasteiger partial charge < -0.3 is 10.2 Å². The molecule has 1 N–H and O–H groups in total. The molecule has 0 saturated carbocycles. The Labute approximate surface area is 176 Å². The number of fused-ring (bicyclic) bond motifs is 1. The first-order valence-corrected chi connectivity index (χ1v) is 11.4. The summed E-state index contributed by atoms with van der Waals surface area (Å²) >= 11 is 1.70. The zero-order valence-electron chi connectivity index (χ0n) is 17.2. The maximum atomic E-state index is 13.5. The van der Waals surface area contributed by atoms with E-state index in [1.807, 2.05) is 47.4 Å². The van der Waals surface area contributed by atoms with Crippen molar-refractivity contribution in [3.8, 4) is 0 Å². The predicted octanol–water partition coefficient (Wildman–Crippen LogP) is 5.82. The predicted molar refractivity (Wildman–Crippen MR) is 122 cm³/mol. The largest absolute Gasteiger partial charge is 0.340 e. The zero-order valence-corrected chi connectivity index (χ0v) is 18.0. The number of hydrogen-bond donors (Lipinski definition) is 1. The lowest BCUT2D eigenvalue weighted by Crippen LogP contribution is -2.42. The van der Waals surface area contributed by atoms with E-state index in [1.54, 1.807) is 11.8 Å². The van der Waals surface area contributed by atoms with Crippen molar-refractivity contribution in [3.05, 3.63) is 60.2 Å². The van der Waals surface area contributed by atoms with Crippen LogP contribution < -0.4 is 5.32 Å². The van der Waals surface area contributed by atoms with Crippen LogP contribution in [0.15, 0.2) is 59.5 Å². The topological polar surface area (TPSA) is 45.2 Å². The molecule has 29 heavy (non-hydrogen) atoms. The Balaban J connectivity index is 1.71. The van der Waals surface area contributed by atoms with E-state index in [2.05, 4.69) is 37.6 Å². The van der Waals surface area contributed by atoms with Crippen LogP contribution in [0.4, 0.5) is 11.5 Å². The standard InChI is InChI=1S/C24H27N3OS/c1-16-11-17(2)15-27(14-16)24(28)21-13-23(26-22-10-5-4-9-20(21)22)25-18-7-6-8-19(12-18)29-3/h4-10,12-13,16-17H,11,14-15H2,1-3H3,(H,25,26)/t16-,17-/m1/s1. The monoisotopic (exact) mass is 405 g/mol. The molecule has 4 nitrogen and oxygen atoms in total. The van der Waals surface area contributed by atoms with Crippen molar-refractivity contribution in [1.82, 2.24) is 9.88 Å². The number of anilines is 2. The molecular weight excluding hydrogens is 378 g/mol. The van der Waals surface area contributed by atoms with Crippen LogP contribution in [0.2, 0.25) is 0 Å². The van der Waals surface area contributed by atoms with Crippen LogP contribution in [0.5, 0.6) is 0 Å². The van der Waals surface area contributed by atoms with E-state index in [9.17, 15) is 4.79 Å². The number of pyridine rings is 1. The molecule has 0 radical (unpaired) electrons. The van der Waals surface area contributed by atoms with E-state index in [0.717, 1.165) is 35.2 Å². The van der Waals surface area contributed by atoms with Crippen molar-refractivity contribution in [1.29, 1.82) is 0 Å². The molecule has 2 aromatic carbocycles. The molecule has 1 aliphatic rings. The van der Waals surface area contributed by atoms with Crippen molar-refractivity contribution in [3.63, 3.8) is 0 Å². The number of aromatic nitrogens is 1. The lowest BCUT2D eigenvalue weighted by Gasteiger charge is -2.35. The lowest BCUT2D eigenvalue weighted by atomic mass is 9.91. The molecule has 0 spiro atoms. The molecule has 1 aliphatic heterocycles. The molecule has 1 saturated heterocycles. The van der Waals surface area contributed by atoms with Crippen LogP contribution in [0.1, 0.15) is 30.6 Å². The second kappa shape index (κ2) is 8.46. The van der Waals surface area contributed by atoms with Gasteiger partial charge in [0.2, 0.25) is 0 Å². The number of rotatable bonds is 4. The fourth-order valence-electron chi connectivity index (χ4n) is 4.26. The fourth-order valence-corrected chi connectivity index (χ4v) is 4.72. The van der Waals surface area contributed by atoms with E-state index >= 15 is 0 Å². The van der Waals surface area contributed by atoms with Crippen LogP contribution in [-0.4, -0.2) is 35.1 Å². The highest BCUT2D eigenvalue weighted by Crippen LogP contribution is 2.28. The number of nitrogens with zero attached hydrogens (tertiary/aromatic N) is 2. The van der Waals surface area contributed by atoms with Gasteiger partial charge in [0.1, 0.15) is 5.82 Å². The van der Waals surface area contributed by atoms with E-state index in [4.69, 9.17) is 4.98 Å². The quantitative estimate of drug-likeness (QED) is 0.556. The molecule has 1 amide bonds. The third kappa shape index (κ3) is 4.40. The highest BCUT2D eigenvalue weighted by Gasteiger charge is 2.27. The third-order valence-electron chi connectivity index (χ3n) is 5.44. The van der Waals surface area contributed by atoms with Crippen molar-refractivity contribution < 1.29 is 4.79 Å². The molecule has 150 valence electrons. The van der Waals surface area contributed by atoms with Crippen molar-refractivity contribution in [2.24, 2.45) is 11.8 Å². The fraction of sp³-hybridized carbons (Fsp3) is 0.333. The molecule has 0 bridgehead atoms. The number of carbonyl (C=O) groups excluding carboxylic acids is 1. The highest BCUT2D eigenvalue weighted by molar-refractivity contribution is 7.98. The van der Waals surface area contributed by atoms with Gasteiger partial charge in [0.25, 0.3) is 5.91 Å². The average molecular weight is 406 g/mol. The molecule has 2 heterocycles. The smallest absolute Gasteiger partial charge is 0.254 e. The summed E-state index contributed by atoms with van der Waals surface area (Å²) in [5, 5.41) is 4.30. The molecule has 0 aliphatic carbocycles. The highest BCUT2D eigenvalue weighted by atomic mass is 32.2. The molecule has 4 rings (SSSR count). The summed E-state index contributed by atoms with van der Waals surface area (Å²) in [5.74, 6) is 1.86. The number of para-hydroxylation sites is 1. The number of carbonyl (C=O) groups is 1. The van der Waals surface area contributed by atoms with Crippen molar-refractivity contribution in [2.45, 2.75) is 25.2 Å². The summed E-state index contributed by atoms with van der Waals surface area (Å²) in [6.45, 7) is 6.09. The van der Waals surface area contributed by atoms with Crippen LogP contribution >= 0.6 is 11.8 Å². The SMILES string of the molecule is CSc1cccc(Nc2cc(C(=O)N3C[C@H](C)C[C@@H](C)C3)c3ccccc3n2)c1. The third-order valence-corrected chi connectivity index (χ3v) is 6.17. The number of nitrogens with one attached hydrogen (secondary N) is 1. The second-order valence-electron chi connectivity index (χ2n) is 8.09. The molecule has 0 unspecified atom stereocenters. The minimum Gasteiger partial charge on any atom is -0.340 e. The van der Waals surface area contributed by atoms with Gasteiger partial charge in [-0.25, -0.2) is 4.98 Å². The molecule has 5 heteroatoms. The summed E-state index contributed by atoms with van der Waals surface area (Å²) in [7, 11) is 0. The van der Waals surface area contributed by atoms with Gasteiger partial charge in [-0.1, -0.05) is 38.1 Å². The van der Waals surface area contributed by atoms with Crippen LogP contribution in [0.25, 0.3) is 10.9 Å². The molecule has 1 fully saturated rings. The minimum absolute atomic E-state index is 0.0999. The Hall–Kier alpha value is -2.53. The van der Waals surface area contributed by atoms with Gasteiger partial charge in [0.05, 0.1) is 11.1 Å². The summed E-state index contributed by atoms with van der Waals surface area (Å²) in [5.41, 5.74) is 2.53. The summed E-state index contributed by atoms with van der Waals surface area (Å²) in [4.78, 5) is 21.4. The van der Waals surface area contributed by atoms with Gasteiger partial charge in [0.15, 0.2) is 0 Å². The van der Waals surface area contributed by atoms with Gasteiger partial charge in [-0.15, -0.1) is 11.8 Å². The van der Waals surface area contributed by atoms with Gasteiger partial charge >= 0.3 is 0 Å². The number of piperidine rings is 1. The van der Waals surface area contributed by atoms with E-state index < -0.39 is 0 Å². The maximum absolute atomic E-state index is 13.5. The van der Waals surface area contributed by atoms with Gasteiger partial charge in [-0.3, -0.25) is 4.79 Å². The Morgan fingerprint density at radius 2 is 1.83 bits per heavy atom. The normalized spacial score (nSPS) is 19.3. The van der Waals surface area contributed by atoms with Crippen LogP contribution in [0, 0.1) is 11.8 Å². The first-order chi connectivity index (χ1) is 14.0. The number of likely N-dealkylation sites (tertiary alicyclic amines) is 1. The van der Waals surface area contributed by atoms with Crippen molar-refractivity contribution in [2.75, 3.05) is 24.7 Å². The average Bonchev–Trinajstić information content (AvgIpc) is 2.72.